The molecule has 4 atom stereocenters. The second-order valence-corrected chi connectivity index (χ2v) is 4.44. The van der Waals surface area contributed by atoms with Gasteiger partial charge in [0.15, 0.2) is 5.79 Å². The number of ether oxygens (including phenoxy) is 2. The fourth-order valence-electron chi connectivity index (χ4n) is 2.14. The van der Waals surface area contributed by atoms with Gasteiger partial charge in [0.25, 0.3) is 0 Å². The minimum atomic E-state index is -0.577. The van der Waals surface area contributed by atoms with E-state index in [0.29, 0.717) is 6.61 Å². The summed E-state index contributed by atoms with van der Waals surface area (Å²) >= 11 is 0. The van der Waals surface area contributed by atoms with E-state index in [0.717, 1.165) is 6.42 Å². The van der Waals surface area contributed by atoms with Crippen molar-refractivity contribution in [3.05, 3.63) is 0 Å². The lowest BCUT2D eigenvalue weighted by Crippen LogP contribution is -2.48. The molecule has 2 aliphatic rings. The third-order valence-electron chi connectivity index (χ3n) is 2.88. The minimum absolute atomic E-state index is 0.140. The average molecular weight is 187 g/mol. The van der Waals surface area contributed by atoms with Crippen LogP contribution in [0.2, 0.25) is 0 Å². The van der Waals surface area contributed by atoms with Crippen LogP contribution in [-0.2, 0) is 9.47 Å². The summed E-state index contributed by atoms with van der Waals surface area (Å²) in [4.78, 5) is 0. The third-order valence-corrected chi connectivity index (χ3v) is 2.88. The van der Waals surface area contributed by atoms with Gasteiger partial charge in [-0.15, -0.1) is 0 Å². The van der Waals surface area contributed by atoms with E-state index >= 15 is 0 Å². The summed E-state index contributed by atoms with van der Waals surface area (Å²) in [6.07, 6.45) is 0.119. The van der Waals surface area contributed by atoms with Crippen LogP contribution in [0.3, 0.4) is 0 Å². The number of fused-ring (bicyclic) bond motifs is 1. The largest absolute Gasteiger partial charge is 0.389 e. The molecule has 2 fully saturated rings. The van der Waals surface area contributed by atoms with Gasteiger partial charge in [-0.05, 0) is 20.3 Å². The van der Waals surface area contributed by atoms with Crippen LogP contribution < -0.4 is 5.73 Å². The molecule has 13 heavy (non-hydrogen) atoms. The molecular formula is C9H17NO3. The Morgan fingerprint density at radius 1 is 1.46 bits per heavy atom. The first-order chi connectivity index (χ1) is 5.99. The lowest BCUT2D eigenvalue weighted by molar-refractivity contribution is -0.297. The zero-order valence-electron chi connectivity index (χ0n) is 8.06. The molecule has 1 aliphatic heterocycles. The molecular weight excluding hydrogens is 170 g/mol. The second-order valence-electron chi connectivity index (χ2n) is 4.44. The van der Waals surface area contributed by atoms with Crippen LogP contribution in [0.5, 0.6) is 0 Å². The van der Waals surface area contributed by atoms with Gasteiger partial charge in [-0.1, -0.05) is 0 Å². The van der Waals surface area contributed by atoms with Gasteiger partial charge in [-0.2, -0.15) is 0 Å². The number of aliphatic hydroxyl groups excluding tert-OH is 1. The fraction of sp³-hybridized carbons (Fsp3) is 1.00. The molecule has 1 saturated heterocycles. The molecule has 0 radical (unpaired) electrons. The third kappa shape index (κ3) is 1.59. The van der Waals surface area contributed by atoms with E-state index in [-0.39, 0.29) is 18.1 Å². The van der Waals surface area contributed by atoms with Crippen LogP contribution >= 0.6 is 0 Å². The summed E-state index contributed by atoms with van der Waals surface area (Å²) in [6.45, 7) is 4.36. The molecule has 76 valence electrons. The molecule has 3 N–H and O–H groups in total. The van der Waals surface area contributed by atoms with Crippen LogP contribution in [0.1, 0.15) is 20.3 Å². The van der Waals surface area contributed by atoms with Crippen LogP contribution in [0.25, 0.3) is 0 Å². The average Bonchev–Trinajstić information content (AvgIpc) is 2.29. The Bertz CT molecular complexity index is 207. The molecule has 4 heteroatoms. The molecule has 0 aromatic carbocycles. The van der Waals surface area contributed by atoms with Crippen molar-refractivity contribution in [1.29, 1.82) is 0 Å². The maximum absolute atomic E-state index is 9.72. The Morgan fingerprint density at radius 3 is 2.85 bits per heavy atom. The van der Waals surface area contributed by atoms with E-state index in [4.69, 9.17) is 15.2 Å². The summed E-state index contributed by atoms with van der Waals surface area (Å²) in [5.74, 6) is -0.315. The van der Waals surface area contributed by atoms with E-state index < -0.39 is 11.9 Å². The molecule has 1 heterocycles. The molecule has 0 amide bonds. The van der Waals surface area contributed by atoms with Gasteiger partial charge < -0.3 is 20.3 Å². The molecule has 0 spiro atoms. The van der Waals surface area contributed by atoms with Crippen molar-refractivity contribution in [2.24, 2.45) is 11.7 Å². The van der Waals surface area contributed by atoms with Gasteiger partial charge in [-0.25, -0.2) is 0 Å². The van der Waals surface area contributed by atoms with E-state index in [1.165, 1.54) is 0 Å². The van der Waals surface area contributed by atoms with E-state index in [9.17, 15) is 5.11 Å². The van der Waals surface area contributed by atoms with Gasteiger partial charge in [-0.3, -0.25) is 0 Å². The van der Waals surface area contributed by atoms with Gasteiger partial charge in [0.05, 0.1) is 18.8 Å². The zero-order valence-corrected chi connectivity index (χ0v) is 8.06. The first-order valence-corrected chi connectivity index (χ1v) is 4.75. The smallest absolute Gasteiger partial charge is 0.163 e. The lowest BCUT2D eigenvalue weighted by atomic mass is 10.0. The maximum atomic E-state index is 9.72. The van der Waals surface area contributed by atoms with Crippen LogP contribution in [0.4, 0.5) is 0 Å². The molecule has 0 bridgehead atoms. The molecule has 1 aliphatic carbocycles. The number of rotatable bonds is 0. The highest BCUT2D eigenvalue weighted by atomic mass is 16.7. The summed E-state index contributed by atoms with van der Waals surface area (Å²) in [7, 11) is 0. The zero-order chi connectivity index (χ0) is 9.64. The lowest BCUT2D eigenvalue weighted by Gasteiger charge is -2.38. The van der Waals surface area contributed by atoms with Crippen molar-refractivity contribution in [1.82, 2.24) is 0 Å². The number of hydrogen-bond acceptors (Lipinski definition) is 4. The Kier molecular flexibility index (Phi) is 2.11. The van der Waals surface area contributed by atoms with Crippen molar-refractivity contribution < 1.29 is 14.6 Å². The Labute approximate surface area is 78.0 Å². The van der Waals surface area contributed by atoms with E-state index in [1.807, 2.05) is 13.8 Å². The minimum Gasteiger partial charge on any atom is -0.389 e. The van der Waals surface area contributed by atoms with Crippen molar-refractivity contribution in [2.75, 3.05) is 6.61 Å². The topological polar surface area (TPSA) is 64.7 Å². The molecule has 1 saturated carbocycles. The van der Waals surface area contributed by atoms with E-state index in [2.05, 4.69) is 0 Å². The maximum Gasteiger partial charge on any atom is 0.163 e. The standard InChI is InChI=1S/C9H17NO3/c1-9(2)12-4-5-3-6(10)7(11)8(5)13-9/h5-8,11H,3-4,10H2,1-2H3/t5-,6-,7+,8-/m1/s1. The molecule has 4 nitrogen and oxygen atoms in total. The van der Waals surface area contributed by atoms with Crippen LogP contribution in [0.15, 0.2) is 0 Å². The Hall–Kier alpha value is -0.160. The predicted octanol–water partition coefficient (Wildman–Crippen LogP) is -0.154. The van der Waals surface area contributed by atoms with Gasteiger partial charge >= 0.3 is 0 Å². The van der Waals surface area contributed by atoms with Crippen molar-refractivity contribution in [2.45, 2.75) is 44.3 Å². The van der Waals surface area contributed by atoms with Crippen LogP contribution in [-0.4, -0.2) is 35.8 Å². The highest BCUT2D eigenvalue weighted by Crippen LogP contribution is 2.36. The number of nitrogens with two attached hydrogens (primary N) is 1. The number of aliphatic hydroxyl groups is 1. The molecule has 0 unspecified atom stereocenters. The Morgan fingerprint density at radius 2 is 2.15 bits per heavy atom. The highest BCUT2D eigenvalue weighted by molar-refractivity contribution is 4.97. The predicted molar refractivity (Wildman–Crippen MR) is 47.0 cm³/mol. The first kappa shape index (κ1) is 9.40. The van der Waals surface area contributed by atoms with E-state index in [1.54, 1.807) is 0 Å². The summed E-state index contributed by atoms with van der Waals surface area (Å²) in [5.41, 5.74) is 5.74. The van der Waals surface area contributed by atoms with Gasteiger partial charge in [0, 0.05) is 12.0 Å². The summed E-state index contributed by atoms with van der Waals surface area (Å²) in [6, 6.07) is -0.160. The van der Waals surface area contributed by atoms with Crippen molar-refractivity contribution >= 4 is 0 Å². The second kappa shape index (κ2) is 2.92. The Balaban J connectivity index is 2.09. The molecule has 0 aromatic heterocycles. The van der Waals surface area contributed by atoms with Gasteiger partial charge in [0.1, 0.15) is 0 Å². The highest BCUT2D eigenvalue weighted by Gasteiger charge is 2.47. The van der Waals surface area contributed by atoms with Crippen molar-refractivity contribution in [3.8, 4) is 0 Å². The SMILES string of the molecule is CC1(C)OC[C@H]2C[C@@H](N)[C@H](O)[C@@H]2O1. The fourth-order valence-corrected chi connectivity index (χ4v) is 2.14. The molecule has 2 rings (SSSR count). The number of hydrogen-bond donors (Lipinski definition) is 2. The molecule has 0 aromatic rings. The summed E-state index contributed by atoms with van der Waals surface area (Å²) < 4.78 is 11.1. The van der Waals surface area contributed by atoms with Gasteiger partial charge in [0.2, 0.25) is 0 Å². The summed E-state index contributed by atoms with van der Waals surface area (Å²) in [5, 5.41) is 9.72. The monoisotopic (exact) mass is 187 g/mol. The van der Waals surface area contributed by atoms with Crippen LogP contribution in [0, 0.1) is 5.92 Å². The normalized spacial score (nSPS) is 48.9. The first-order valence-electron chi connectivity index (χ1n) is 4.75. The quantitative estimate of drug-likeness (QED) is 0.553. The van der Waals surface area contributed by atoms with Crippen molar-refractivity contribution in [3.63, 3.8) is 0 Å².